The van der Waals surface area contributed by atoms with Crippen LogP contribution in [0.25, 0.3) is 0 Å². The first-order valence-corrected chi connectivity index (χ1v) is 10.0. The maximum atomic E-state index is 12.8. The molecule has 0 atom stereocenters. The number of hydrogen-bond donors (Lipinski definition) is 1. The number of rotatable bonds is 6. The van der Waals surface area contributed by atoms with Crippen LogP contribution in [0.5, 0.6) is 11.5 Å². The normalized spacial score (nSPS) is 13.2. The van der Waals surface area contributed by atoms with Crippen LogP contribution in [0.3, 0.4) is 0 Å². The van der Waals surface area contributed by atoms with Crippen LogP contribution in [0.4, 0.5) is 5.13 Å². The molecule has 1 aliphatic rings. The number of thiazole rings is 1. The Kier molecular flexibility index (Phi) is 6.18. The standard InChI is InChI=1S/C20H25N3O4S/c1-12(2)10-17(24)23-9-8-13-16(11-23)28-20(21-13)22-19(25)18-14(26-3)6-5-7-15(18)27-4/h5-7,12H,8-11H2,1-4H3,(H,21,22,25). The zero-order chi connectivity index (χ0) is 20.3. The Labute approximate surface area is 168 Å². The molecule has 0 unspecified atom stereocenters. The molecule has 3 rings (SSSR count). The van der Waals surface area contributed by atoms with Crippen molar-refractivity contribution in [2.75, 3.05) is 26.1 Å². The van der Waals surface area contributed by atoms with E-state index in [4.69, 9.17) is 9.47 Å². The average molecular weight is 404 g/mol. The Balaban J connectivity index is 1.75. The quantitative estimate of drug-likeness (QED) is 0.800. The van der Waals surface area contributed by atoms with E-state index in [1.165, 1.54) is 25.6 Å². The lowest BCUT2D eigenvalue weighted by atomic mass is 10.1. The lowest BCUT2D eigenvalue weighted by Gasteiger charge is -2.26. The zero-order valence-electron chi connectivity index (χ0n) is 16.6. The zero-order valence-corrected chi connectivity index (χ0v) is 17.4. The molecule has 0 bridgehead atoms. The monoisotopic (exact) mass is 403 g/mol. The number of fused-ring (bicyclic) bond motifs is 1. The van der Waals surface area contributed by atoms with Crippen molar-refractivity contribution in [3.05, 3.63) is 34.3 Å². The smallest absolute Gasteiger partial charge is 0.265 e. The number of amides is 2. The minimum absolute atomic E-state index is 0.165. The molecule has 1 aromatic heterocycles. The van der Waals surface area contributed by atoms with Gasteiger partial charge in [0.2, 0.25) is 5.91 Å². The van der Waals surface area contributed by atoms with Gasteiger partial charge in [-0.1, -0.05) is 31.3 Å². The van der Waals surface area contributed by atoms with Crippen LogP contribution in [0.15, 0.2) is 18.2 Å². The summed E-state index contributed by atoms with van der Waals surface area (Å²) in [5, 5.41) is 3.36. The van der Waals surface area contributed by atoms with E-state index in [0.29, 0.717) is 54.0 Å². The number of carbonyl (C=O) groups excluding carboxylic acids is 2. The number of ether oxygens (including phenoxy) is 2. The average Bonchev–Trinajstić information content (AvgIpc) is 3.07. The van der Waals surface area contributed by atoms with Gasteiger partial charge in [-0.2, -0.15) is 0 Å². The molecule has 150 valence electrons. The minimum Gasteiger partial charge on any atom is -0.496 e. The molecule has 0 fully saturated rings. The van der Waals surface area contributed by atoms with Crippen LogP contribution in [0.2, 0.25) is 0 Å². The lowest BCUT2D eigenvalue weighted by Crippen LogP contribution is -2.36. The third-order valence-electron chi connectivity index (χ3n) is 4.54. The number of anilines is 1. The fraction of sp³-hybridized carbons (Fsp3) is 0.450. The number of methoxy groups -OCH3 is 2. The van der Waals surface area contributed by atoms with Crippen molar-refractivity contribution in [1.29, 1.82) is 0 Å². The second kappa shape index (κ2) is 8.60. The Bertz CT molecular complexity index is 856. The van der Waals surface area contributed by atoms with Gasteiger partial charge in [-0.05, 0) is 18.1 Å². The van der Waals surface area contributed by atoms with Crippen LogP contribution in [-0.2, 0) is 17.8 Å². The fourth-order valence-electron chi connectivity index (χ4n) is 3.17. The predicted octanol–water partition coefficient (Wildman–Crippen LogP) is 3.34. The van der Waals surface area contributed by atoms with Crippen molar-refractivity contribution in [3.8, 4) is 11.5 Å². The van der Waals surface area contributed by atoms with E-state index in [-0.39, 0.29) is 11.8 Å². The van der Waals surface area contributed by atoms with Gasteiger partial charge in [-0.3, -0.25) is 14.9 Å². The summed E-state index contributed by atoms with van der Waals surface area (Å²) in [6, 6.07) is 5.18. The van der Waals surface area contributed by atoms with Crippen molar-refractivity contribution in [2.45, 2.75) is 33.2 Å². The molecule has 0 saturated heterocycles. The van der Waals surface area contributed by atoms with Crippen LogP contribution in [0.1, 0.15) is 41.2 Å². The molecule has 2 heterocycles. The van der Waals surface area contributed by atoms with Crippen LogP contribution in [0, 0.1) is 5.92 Å². The summed E-state index contributed by atoms with van der Waals surface area (Å²) in [4.78, 5) is 32.6. The summed E-state index contributed by atoms with van der Waals surface area (Å²) >= 11 is 1.41. The number of carbonyl (C=O) groups is 2. The highest BCUT2D eigenvalue weighted by molar-refractivity contribution is 7.15. The summed E-state index contributed by atoms with van der Waals surface area (Å²) in [5.41, 5.74) is 1.27. The van der Waals surface area contributed by atoms with E-state index in [2.05, 4.69) is 10.3 Å². The summed E-state index contributed by atoms with van der Waals surface area (Å²) in [6.07, 6.45) is 1.24. The fourth-order valence-corrected chi connectivity index (χ4v) is 4.19. The van der Waals surface area contributed by atoms with Gasteiger partial charge in [0.25, 0.3) is 5.91 Å². The molecule has 28 heavy (non-hydrogen) atoms. The molecular weight excluding hydrogens is 378 g/mol. The molecular formula is C20H25N3O4S. The summed E-state index contributed by atoms with van der Waals surface area (Å²) in [5.74, 6) is 1.03. The van der Waals surface area contributed by atoms with E-state index >= 15 is 0 Å². The van der Waals surface area contributed by atoms with Gasteiger partial charge in [-0.25, -0.2) is 4.98 Å². The van der Waals surface area contributed by atoms with Crippen LogP contribution < -0.4 is 14.8 Å². The Hall–Kier alpha value is -2.61. The maximum absolute atomic E-state index is 12.8. The van der Waals surface area contributed by atoms with Crippen LogP contribution in [-0.4, -0.2) is 42.5 Å². The van der Waals surface area contributed by atoms with Crippen molar-refractivity contribution < 1.29 is 19.1 Å². The Morgan fingerprint density at radius 2 is 1.93 bits per heavy atom. The molecule has 0 aliphatic carbocycles. The lowest BCUT2D eigenvalue weighted by molar-refractivity contribution is -0.132. The maximum Gasteiger partial charge on any atom is 0.265 e. The van der Waals surface area contributed by atoms with Gasteiger partial charge >= 0.3 is 0 Å². The van der Waals surface area contributed by atoms with E-state index in [9.17, 15) is 9.59 Å². The number of aromatic nitrogens is 1. The first-order chi connectivity index (χ1) is 13.4. The molecule has 8 heteroatoms. The molecule has 1 N–H and O–H groups in total. The highest BCUT2D eigenvalue weighted by Crippen LogP contribution is 2.32. The van der Waals surface area contributed by atoms with E-state index in [0.717, 1.165) is 10.6 Å². The summed E-state index contributed by atoms with van der Waals surface area (Å²) < 4.78 is 10.6. The third kappa shape index (κ3) is 4.27. The van der Waals surface area contributed by atoms with Crippen molar-refractivity contribution in [1.82, 2.24) is 9.88 Å². The Morgan fingerprint density at radius 1 is 1.25 bits per heavy atom. The Morgan fingerprint density at radius 3 is 2.54 bits per heavy atom. The molecule has 1 aromatic carbocycles. The molecule has 1 aliphatic heterocycles. The number of hydrogen-bond acceptors (Lipinski definition) is 6. The van der Waals surface area contributed by atoms with Gasteiger partial charge in [-0.15, -0.1) is 0 Å². The van der Waals surface area contributed by atoms with Crippen molar-refractivity contribution in [2.24, 2.45) is 5.92 Å². The molecule has 0 spiro atoms. The second-order valence-electron chi connectivity index (χ2n) is 7.04. The van der Waals surface area contributed by atoms with Gasteiger partial charge < -0.3 is 14.4 Å². The van der Waals surface area contributed by atoms with Gasteiger partial charge in [0.05, 0.1) is 26.5 Å². The predicted molar refractivity (Wildman–Crippen MR) is 108 cm³/mol. The van der Waals surface area contributed by atoms with E-state index in [1.54, 1.807) is 18.2 Å². The van der Waals surface area contributed by atoms with E-state index < -0.39 is 0 Å². The molecule has 0 radical (unpaired) electrons. The molecule has 2 aromatic rings. The van der Waals surface area contributed by atoms with Gasteiger partial charge in [0.1, 0.15) is 17.1 Å². The highest BCUT2D eigenvalue weighted by Gasteiger charge is 2.26. The first-order valence-electron chi connectivity index (χ1n) is 9.21. The number of benzene rings is 1. The number of nitrogens with zero attached hydrogens (tertiary/aromatic N) is 2. The topological polar surface area (TPSA) is 80.8 Å². The summed E-state index contributed by atoms with van der Waals surface area (Å²) in [6.45, 7) is 5.29. The third-order valence-corrected chi connectivity index (χ3v) is 5.54. The molecule has 7 nitrogen and oxygen atoms in total. The van der Waals surface area contributed by atoms with Gasteiger partial charge in [0.15, 0.2) is 5.13 Å². The highest BCUT2D eigenvalue weighted by atomic mass is 32.1. The van der Waals surface area contributed by atoms with Crippen molar-refractivity contribution in [3.63, 3.8) is 0 Å². The summed E-state index contributed by atoms with van der Waals surface area (Å²) in [7, 11) is 3.02. The molecule has 2 amide bonds. The largest absolute Gasteiger partial charge is 0.496 e. The second-order valence-corrected chi connectivity index (χ2v) is 8.13. The SMILES string of the molecule is COc1cccc(OC)c1C(=O)Nc1nc2c(s1)CN(C(=O)CC(C)C)CC2. The molecule has 0 saturated carbocycles. The van der Waals surface area contributed by atoms with Gasteiger partial charge in [0, 0.05) is 24.3 Å². The van der Waals surface area contributed by atoms with E-state index in [1.807, 2.05) is 18.7 Å². The first kappa shape index (κ1) is 20.1. The van der Waals surface area contributed by atoms with Crippen molar-refractivity contribution >= 4 is 28.3 Å². The van der Waals surface area contributed by atoms with Crippen LogP contribution >= 0.6 is 11.3 Å². The number of nitrogens with one attached hydrogen (secondary N) is 1. The minimum atomic E-state index is -0.340.